The highest BCUT2D eigenvalue weighted by Crippen LogP contribution is 2.30. The Morgan fingerprint density at radius 2 is 2.06 bits per heavy atom. The molecule has 0 spiro atoms. The summed E-state index contributed by atoms with van der Waals surface area (Å²) in [5.74, 6) is 1.12. The van der Waals surface area contributed by atoms with Crippen LogP contribution in [-0.2, 0) is 13.0 Å². The van der Waals surface area contributed by atoms with Crippen molar-refractivity contribution in [2.45, 2.75) is 38.0 Å². The fourth-order valence-corrected chi connectivity index (χ4v) is 4.12. The fourth-order valence-electron chi connectivity index (χ4n) is 4.12. The first-order valence-electron chi connectivity index (χ1n) is 10.5. The molecule has 3 aromatic rings. The summed E-state index contributed by atoms with van der Waals surface area (Å²) in [6, 6.07) is 19.1. The van der Waals surface area contributed by atoms with Gasteiger partial charge >= 0.3 is 0 Å². The highest BCUT2D eigenvalue weighted by atomic mass is 16.5. The van der Waals surface area contributed by atoms with Gasteiger partial charge in [0.05, 0.1) is 17.7 Å². The summed E-state index contributed by atoms with van der Waals surface area (Å²) in [5, 5.41) is 16.6. The van der Waals surface area contributed by atoms with E-state index in [2.05, 4.69) is 28.6 Å². The minimum absolute atomic E-state index is 0.0485. The molecular weight excluding hydrogens is 392 g/mol. The molecule has 156 valence electrons. The molecule has 1 amide bonds. The zero-order valence-corrected chi connectivity index (χ0v) is 17.0. The van der Waals surface area contributed by atoms with E-state index in [9.17, 15) is 4.79 Å². The van der Waals surface area contributed by atoms with Crippen molar-refractivity contribution in [1.29, 1.82) is 5.26 Å². The number of carbonyl (C=O) groups is 1. The van der Waals surface area contributed by atoms with Crippen molar-refractivity contribution in [3.8, 4) is 17.7 Å². The molecule has 1 aromatic heterocycles. The molecule has 5 rings (SSSR count). The van der Waals surface area contributed by atoms with E-state index in [4.69, 9.17) is 14.7 Å². The molecule has 1 N–H and O–H groups in total. The van der Waals surface area contributed by atoms with Crippen LogP contribution in [0.3, 0.4) is 0 Å². The minimum Gasteiger partial charge on any atom is -0.491 e. The summed E-state index contributed by atoms with van der Waals surface area (Å²) >= 11 is 0. The number of rotatable bonds is 3. The standard InChI is InChI=1S/C24H22N4O3/c25-14-16-8-9-21-18(11-16)12-19(15-30-21)26-24(29)20-13-23-28(27-20)10-4-7-22(31-23)17-5-2-1-3-6-17/h1-3,5-6,8-9,11,13,19,22H,4,7,10,12,15H2,(H,26,29). The number of benzene rings is 2. The van der Waals surface area contributed by atoms with Gasteiger partial charge in [0, 0.05) is 12.6 Å². The third kappa shape index (κ3) is 3.97. The van der Waals surface area contributed by atoms with Crippen molar-refractivity contribution in [1.82, 2.24) is 15.1 Å². The molecule has 7 nitrogen and oxygen atoms in total. The summed E-state index contributed by atoms with van der Waals surface area (Å²) in [6.07, 6.45) is 2.38. The van der Waals surface area contributed by atoms with Gasteiger partial charge in [-0.2, -0.15) is 10.4 Å². The van der Waals surface area contributed by atoms with E-state index in [0.29, 0.717) is 36.7 Å². The lowest BCUT2D eigenvalue weighted by Gasteiger charge is -2.26. The third-order valence-electron chi connectivity index (χ3n) is 5.68. The van der Waals surface area contributed by atoms with Gasteiger partial charge < -0.3 is 14.8 Å². The Kier molecular flexibility index (Phi) is 5.04. The number of ether oxygens (including phenoxy) is 2. The number of nitrogens with one attached hydrogen (secondary N) is 1. The monoisotopic (exact) mass is 414 g/mol. The second kappa shape index (κ2) is 8.15. The number of nitrogens with zero attached hydrogens (tertiary/aromatic N) is 3. The quantitative estimate of drug-likeness (QED) is 0.710. The van der Waals surface area contributed by atoms with E-state index in [1.807, 2.05) is 24.3 Å². The van der Waals surface area contributed by atoms with Crippen LogP contribution in [0.4, 0.5) is 0 Å². The molecule has 2 aliphatic heterocycles. The molecule has 7 heteroatoms. The van der Waals surface area contributed by atoms with E-state index in [1.165, 1.54) is 0 Å². The van der Waals surface area contributed by atoms with Gasteiger partial charge in [-0.05, 0) is 48.6 Å². The normalized spacial score (nSPS) is 19.6. The van der Waals surface area contributed by atoms with E-state index >= 15 is 0 Å². The van der Waals surface area contributed by atoms with E-state index in [-0.39, 0.29) is 18.1 Å². The molecule has 2 unspecified atom stereocenters. The van der Waals surface area contributed by atoms with Crippen LogP contribution in [0.5, 0.6) is 11.6 Å². The first kappa shape index (κ1) is 19.2. The predicted octanol–water partition coefficient (Wildman–Crippen LogP) is 3.40. The summed E-state index contributed by atoms with van der Waals surface area (Å²) in [4.78, 5) is 12.9. The number of fused-ring (bicyclic) bond motifs is 2. The smallest absolute Gasteiger partial charge is 0.272 e. The first-order chi connectivity index (χ1) is 15.2. The lowest BCUT2D eigenvalue weighted by Crippen LogP contribution is -2.42. The van der Waals surface area contributed by atoms with Gasteiger partial charge in [0.25, 0.3) is 5.91 Å². The molecule has 2 aliphatic rings. The SMILES string of the molecule is N#Cc1ccc2c(c1)CC(NC(=O)c1cc3n(n1)CCCC(c1ccccc1)O3)CO2. The molecule has 3 heterocycles. The summed E-state index contributed by atoms with van der Waals surface area (Å²) in [5.41, 5.74) is 2.96. The van der Waals surface area contributed by atoms with Crippen molar-refractivity contribution in [3.05, 3.63) is 77.0 Å². The minimum atomic E-state index is -0.256. The molecule has 0 saturated carbocycles. The zero-order valence-electron chi connectivity index (χ0n) is 17.0. The van der Waals surface area contributed by atoms with Gasteiger partial charge in [0.1, 0.15) is 18.5 Å². The Hall–Kier alpha value is -3.79. The number of amides is 1. The maximum absolute atomic E-state index is 12.9. The second-order valence-corrected chi connectivity index (χ2v) is 7.87. The third-order valence-corrected chi connectivity index (χ3v) is 5.68. The molecule has 0 fully saturated rings. The second-order valence-electron chi connectivity index (χ2n) is 7.87. The van der Waals surface area contributed by atoms with Crippen molar-refractivity contribution >= 4 is 5.91 Å². The van der Waals surface area contributed by atoms with Gasteiger partial charge in [0.15, 0.2) is 5.69 Å². The Labute approximate surface area is 180 Å². The summed E-state index contributed by atoms with van der Waals surface area (Å²) < 4.78 is 13.7. The maximum atomic E-state index is 12.9. The van der Waals surface area contributed by atoms with Crippen LogP contribution in [0, 0.1) is 11.3 Å². The van der Waals surface area contributed by atoms with Gasteiger partial charge in [0.2, 0.25) is 5.88 Å². The average Bonchev–Trinajstić information content (AvgIpc) is 3.10. The largest absolute Gasteiger partial charge is 0.491 e. The Balaban J connectivity index is 1.29. The summed E-state index contributed by atoms with van der Waals surface area (Å²) in [7, 11) is 0. The number of hydrogen-bond acceptors (Lipinski definition) is 5. The van der Waals surface area contributed by atoms with Crippen LogP contribution in [-0.4, -0.2) is 28.3 Å². The maximum Gasteiger partial charge on any atom is 0.272 e. The average molecular weight is 414 g/mol. The zero-order chi connectivity index (χ0) is 21.2. The lowest BCUT2D eigenvalue weighted by atomic mass is 10.0. The number of nitriles is 1. The lowest BCUT2D eigenvalue weighted by molar-refractivity contribution is 0.0909. The topological polar surface area (TPSA) is 89.2 Å². The van der Waals surface area contributed by atoms with Crippen molar-refractivity contribution < 1.29 is 14.3 Å². The van der Waals surface area contributed by atoms with E-state index < -0.39 is 0 Å². The van der Waals surface area contributed by atoms with Crippen LogP contribution in [0.2, 0.25) is 0 Å². The van der Waals surface area contributed by atoms with E-state index in [1.54, 1.807) is 22.9 Å². The number of carbonyl (C=O) groups excluding carboxylic acids is 1. The highest BCUT2D eigenvalue weighted by Gasteiger charge is 2.26. The van der Waals surface area contributed by atoms with Crippen LogP contribution in [0.15, 0.2) is 54.6 Å². The number of aryl methyl sites for hydroxylation is 1. The van der Waals surface area contributed by atoms with Gasteiger partial charge in [-0.25, -0.2) is 4.68 Å². The van der Waals surface area contributed by atoms with Gasteiger partial charge in [-0.3, -0.25) is 4.79 Å². The Morgan fingerprint density at radius 3 is 2.90 bits per heavy atom. The van der Waals surface area contributed by atoms with Crippen molar-refractivity contribution in [3.63, 3.8) is 0 Å². The molecule has 0 bridgehead atoms. The first-order valence-corrected chi connectivity index (χ1v) is 10.5. The molecule has 0 aliphatic carbocycles. The van der Waals surface area contributed by atoms with Gasteiger partial charge in [-0.1, -0.05) is 30.3 Å². The highest BCUT2D eigenvalue weighted by molar-refractivity contribution is 5.92. The fraction of sp³-hybridized carbons (Fsp3) is 0.292. The number of hydrogen-bond donors (Lipinski definition) is 1. The van der Waals surface area contributed by atoms with Gasteiger partial charge in [-0.15, -0.1) is 0 Å². The van der Waals surface area contributed by atoms with Crippen LogP contribution in [0.25, 0.3) is 0 Å². The van der Waals surface area contributed by atoms with E-state index in [0.717, 1.165) is 29.7 Å². The van der Waals surface area contributed by atoms with Crippen molar-refractivity contribution in [2.24, 2.45) is 0 Å². The predicted molar refractivity (Wildman–Crippen MR) is 113 cm³/mol. The molecule has 0 radical (unpaired) electrons. The molecule has 0 saturated heterocycles. The molecule has 31 heavy (non-hydrogen) atoms. The van der Waals surface area contributed by atoms with Crippen LogP contribution in [0.1, 0.15) is 46.1 Å². The van der Waals surface area contributed by atoms with Crippen LogP contribution < -0.4 is 14.8 Å². The van der Waals surface area contributed by atoms with Crippen LogP contribution >= 0.6 is 0 Å². The molecular formula is C24H22N4O3. The Bertz CT molecular complexity index is 1150. The Morgan fingerprint density at radius 1 is 1.19 bits per heavy atom. The molecule has 2 aromatic carbocycles. The summed E-state index contributed by atoms with van der Waals surface area (Å²) in [6.45, 7) is 1.09. The molecule has 2 atom stereocenters. The van der Waals surface area contributed by atoms with Crippen molar-refractivity contribution in [2.75, 3.05) is 6.61 Å². The number of aromatic nitrogens is 2.